The van der Waals surface area contributed by atoms with Crippen molar-refractivity contribution in [1.82, 2.24) is 5.32 Å². The van der Waals surface area contributed by atoms with Crippen molar-refractivity contribution in [3.8, 4) is 11.5 Å². The fraction of sp³-hybridized carbons (Fsp3) is 0.556. The topological polar surface area (TPSA) is 84.9 Å². The summed E-state index contributed by atoms with van der Waals surface area (Å²) >= 11 is 0. The molecule has 1 saturated carbocycles. The zero-order valence-corrected chi connectivity index (χ0v) is 13.8. The van der Waals surface area contributed by atoms with E-state index in [4.69, 9.17) is 9.47 Å². The standard InChI is InChI=1S/C18H23NO5/c1-18(8-3-2-5-13(18)17(21)22)19-16(20)12-6-7-14-15(11-12)24-10-4-9-23-14/h6-7,11,13H,2-5,8-10H2,1H3,(H,19,20)(H,21,22). The Hall–Kier alpha value is -2.24. The Kier molecular flexibility index (Phi) is 4.64. The van der Waals surface area contributed by atoms with Gasteiger partial charge in [0.2, 0.25) is 0 Å². The van der Waals surface area contributed by atoms with Crippen LogP contribution in [0.25, 0.3) is 0 Å². The Morgan fingerprint density at radius 2 is 1.92 bits per heavy atom. The minimum Gasteiger partial charge on any atom is -0.490 e. The molecular formula is C18H23NO5. The molecule has 1 heterocycles. The van der Waals surface area contributed by atoms with E-state index < -0.39 is 17.4 Å². The summed E-state index contributed by atoms with van der Waals surface area (Å²) < 4.78 is 11.2. The summed E-state index contributed by atoms with van der Waals surface area (Å²) in [5, 5.41) is 12.4. The van der Waals surface area contributed by atoms with Crippen LogP contribution in [0.3, 0.4) is 0 Å². The van der Waals surface area contributed by atoms with E-state index in [1.54, 1.807) is 18.2 Å². The summed E-state index contributed by atoms with van der Waals surface area (Å²) in [7, 11) is 0. The third-order valence-corrected chi connectivity index (χ3v) is 4.91. The molecule has 2 unspecified atom stereocenters. The lowest BCUT2D eigenvalue weighted by molar-refractivity contribution is -0.145. The van der Waals surface area contributed by atoms with Crippen molar-refractivity contribution in [1.29, 1.82) is 0 Å². The van der Waals surface area contributed by atoms with Crippen LogP contribution in [0, 0.1) is 5.92 Å². The van der Waals surface area contributed by atoms with Gasteiger partial charge in [-0.15, -0.1) is 0 Å². The molecule has 6 heteroatoms. The largest absolute Gasteiger partial charge is 0.490 e. The van der Waals surface area contributed by atoms with Crippen molar-refractivity contribution in [2.45, 2.75) is 44.6 Å². The van der Waals surface area contributed by atoms with Crippen LogP contribution in [0.2, 0.25) is 0 Å². The number of hydrogen-bond donors (Lipinski definition) is 2. The van der Waals surface area contributed by atoms with Crippen molar-refractivity contribution in [2.24, 2.45) is 5.92 Å². The molecule has 2 atom stereocenters. The molecule has 0 bridgehead atoms. The number of carboxylic acids is 1. The van der Waals surface area contributed by atoms with E-state index in [2.05, 4.69) is 5.32 Å². The van der Waals surface area contributed by atoms with E-state index in [1.807, 2.05) is 6.92 Å². The number of nitrogens with one attached hydrogen (secondary N) is 1. The van der Waals surface area contributed by atoms with Gasteiger partial charge < -0.3 is 19.9 Å². The summed E-state index contributed by atoms with van der Waals surface area (Å²) in [4.78, 5) is 24.2. The summed E-state index contributed by atoms with van der Waals surface area (Å²) in [5.74, 6) is -0.492. The van der Waals surface area contributed by atoms with Crippen LogP contribution in [-0.2, 0) is 4.79 Å². The molecule has 6 nitrogen and oxygen atoms in total. The van der Waals surface area contributed by atoms with Crippen molar-refractivity contribution < 1.29 is 24.2 Å². The van der Waals surface area contributed by atoms with E-state index in [9.17, 15) is 14.7 Å². The van der Waals surface area contributed by atoms with Gasteiger partial charge in [0.15, 0.2) is 11.5 Å². The average Bonchev–Trinajstić information content (AvgIpc) is 2.79. The van der Waals surface area contributed by atoms with Crippen molar-refractivity contribution in [2.75, 3.05) is 13.2 Å². The Morgan fingerprint density at radius 1 is 1.17 bits per heavy atom. The van der Waals surface area contributed by atoms with Gasteiger partial charge in [-0.3, -0.25) is 9.59 Å². The second-order valence-corrected chi connectivity index (χ2v) is 6.72. The first kappa shape index (κ1) is 16.6. The minimum atomic E-state index is -0.851. The highest BCUT2D eigenvalue weighted by atomic mass is 16.5. The predicted molar refractivity (Wildman–Crippen MR) is 87.5 cm³/mol. The highest BCUT2D eigenvalue weighted by Gasteiger charge is 2.42. The first-order valence-corrected chi connectivity index (χ1v) is 8.44. The van der Waals surface area contributed by atoms with Crippen LogP contribution in [0.15, 0.2) is 18.2 Å². The zero-order chi connectivity index (χ0) is 17.2. The molecule has 0 aromatic heterocycles. The number of hydrogen-bond acceptors (Lipinski definition) is 4. The van der Waals surface area contributed by atoms with Crippen molar-refractivity contribution in [3.05, 3.63) is 23.8 Å². The maximum Gasteiger partial charge on any atom is 0.308 e. The van der Waals surface area contributed by atoms with Crippen LogP contribution in [-0.4, -0.2) is 35.7 Å². The smallest absolute Gasteiger partial charge is 0.308 e. The molecule has 130 valence electrons. The molecule has 1 aliphatic carbocycles. The summed E-state index contributed by atoms with van der Waals surface area (Å²) in [6, 6.07) is 5.08. The van der Waals surface area contributed by atoms with Crippen LogP contribution in [0.1, 0.15) is 49.4 Å². The number of carbonyl (C=O) groups is 2. The molecule has 0 saturated heterocycles. The third-order valence-electron chi connectivity index (χ3n) is 4.91. The van der Waals surface area contributed by atoms with Crippen LogP contribution < -0.4 is 14.8 Å². The Morgan fingerprint density at radius 3 is 2.67 bits per heavy atom. The number of fused-ring (bicyclic) bond motifs is 1. The monoisotopic (exact) mass is 333 g/mol. The number of amides is 1. The highest BCUT2D eigenvalue weighted by molar-refractivity contribution is 5.95. The number of carbonyl (C=O) groups excluding carboxylic acids is 1. The molecule has 1 aromatic carbocycles. The van der Waals surface area contributed by atoms with Gasteiger partial charge >= 0.3 is 5.97 Å². The van der Waals surface area contributed by atoms with Gasteiger partial charge in [0, 0.05) is 12.0 Å². The zero-order valence-electron chi connectivity index (χ0n) is 13.8. The van der Waals surface area contributed by atoms with Crippen molar-refractivity contribution >= 4 is 11.9 Å². The van der Waals surface area contributed by atoms with E-state index in [1.165, 1.54) is 0 Å². The number of benzene rings is 1. The normalized spacial score (nSPS) is 26.3. The lowest BCUT2D eigenvalue weighted by atomic mass is 9.73. The van der Waals surface area contributed by atoms with Crippen molar-refractivity contribution in [3.63, 3.8) is 0 Å². The molecule has 1 amide bonds. The lowest BCUT2D eigenvalue weighted by Gasteiger charge is -2.39. The second kappa shape index (κ2) is 6.71. The molecule has 2 aliphatic rings. The second-order valence-electron chi connectivity index (χ2n) is 6.72. The van der Waals surface area contributed by atoms with Crippen LogP contribution >= 0.6 is 0 Å². The predicted octanol–water partition coefficient (Wildman–Crippen LogP) is 2.61. The van der Waals surface area contributed by atoms with Gasteiger partial charge in [-0.2, -0.15) is 0 Å². The van der Waals surface area contributed by atoms with E-state index in [0.29, 0.717) is 43.1 Å². The van der Waals surface area contributed by atoms with E-state index >= 15 is 0 Å². The molecule has 2 N–H and O–H groups in total. The maximum atomic E-state index is 12.7. The molecule has 1 aliphatic heterocycles. The lowest BCUT2D eigenvalue weighted by Crippen LogP contribution is -2.55. The molecule has 1 aromatic rings. The molecule has 1 fully saturated rings. The van der Waals surface area contributed by atoms with Gasteiger partial charge in [0.1, 0.15) is 0 Å². The van der Waals surface area contributed by atoms with E-state index in [0.717, 1.165) is 19.3 Å². The molecule has 0 spiro atoms. The fourth-order valence-corrected chi connectivity index (χ4v) is 3.52. The number of aliphatic carboxylic acids is 1. The van der Waals surface area contributed by atoms with Gasteiger partial charge in [0.05, 0.1) is 24.7 Å². The van der Waals surface area contributed by atoms with Gasteiger partial charge in [0.25, 0.3) is 5.91 Å². The van der Waals surface area contributed by atoms with E-state index in [-0.39, 0.29) is 5.91 Å². The summed E-state index contributed by atoms with van der Waals surface area (Å²) in [6.45, 7) is 2.97. The SMILES string of the molecule is CC1(NC(=O)c2ccc3c(c2)OCCCO3)CCCCC1C(=O)O. The molecule has 3 rings (SSSR count). The number of carboxylic acid groups (broad SMARTS) is 1. The third kappa shape index (κ3) is 3.32. The van der Waals surface area contributed by atoms with Gasteiger partial charge in [-0.05, 0) is 38.0 Å². The Balaban J connectivity index is 1.79. The van der Waals surface area contributed by atoms with Crippen LogP contribution in [0.4, 0.5) is 0 Å². The fourth-order valence-electron chi connectivity index (χ4n) is 3.52. The maximum absolute atomic E-state index is 12.7. The van der Waals surface area contributed by atoms with Gasteiger partial charge in [-0.25, -0.2) is 0 Å². The minimum absolute atomic E-state index is 0.277. The Labute approximate surface area is 141 Å². The summed E-state index contributed by atoms with van der Waals surface area (Å²) in [6.07, 6.45) is 3.86. The molecular weight excluding hydrogens is 310 g/mol. The van der Waals surface area contributed by atoms with Crippen LogP contribution in [0.5, 0.6) is 11.5 Å². The quantitative estimate of drug-likeness (QED) is 0.888. The Bertz CT molecular complexity index is 644. The first-order valence-electron chi connectivity index (χ1n) is 8.44. The molecule has 24 heavy (non-hydrogen) atoms. The number of rotatable bonds is 3. The summed E-state index contributed by atoms with van der Waals surface area (Å²) in [5.41, 5.74) is -0.277. The van der Waals surface area contributed by atoms with Gasteiger partial charge in [-0.1, -0.05) is 12.8 Å². The first-order chi connectivity index (χ1) is 11.5. The highest BCUT2D eigenvalue weighted by Crippen LogP contribution is 2.35. The molecule has 0 radical (unpaired) electrons. The average molecular weight is 333 g/mol. The number of ether oxygens (including phenoxy) is 2.